The predicted molar refractivity (Wildman–Crippen MR) is 142 cm³/mol. The van der Waals surface area contributed by atoms with Crippen molar-refractivity contribution < 1.29 is 26.4 Å². The van der Waals surface area contributed by atoms with E-state index in [4.69, 9.17) is 9.88 Å². The number of hydrogen-bond donors (Lipinski definition) is 3. The van der Waals surface area contributed by atoms with Gasteiger partial charge in [0, 0.05) is 35.3 Å². The summed E-state index contributed by atoms with van der Waals surface area (Å²) in [5.41, 5.74) is 1.07. The molecule has 1 aliphatic heterocycles. The minimum atomic E-state index is -3.80. The van der Waals surface area contributed by atoms with Crippen LogP contribution in [0.15, 0.2) is 69.8 Å². The number of sulfonamides is 2. The summed E-state index contributed by atoms with van der Waals surface area (Å²) >= 11 is 1.13. The number of ether oxygens (including phenoxy) is 1. The maximum absolute atomic E-state index is 13.2. The fraction of sp³-hybridized carbons (Fsp3) is 0.292. The van der Waals surface area contributed by atoms with Crippen LogP contribution in [0.1, 0.15) is 28.1 Å². The van der Waals surface area contributed by atoms with Crippen molar-refractivity contribution in [2.45, 2.75) is 34.5 Å². The first-order valence-electron chi connectivity index (χ1n) is 11.5. The third-order valence-electron chi connectivity index (χ3n) is 5.97. The molecule has 10 nitrogen and oxygen atoms in total. The van der Waals surface area contributed by atoms with E-state index in [2.05, 4.69) is 10.6 Å². The highest BCUT2D eigenvalue weighted by atomic mass is 32.2. The number of hydrogen-bond acceptors (Lipinski definition) is 8. The van der Waals surface area contributed by atoms with Crippen LogP contribution in [-0.4, -0.2) is 53.3 Å². The van der Waals surface area contributed by atoms with Crippen molar-refractivity contribution in [3.05, 3.63) is 71.1 Å². The van der Waals surface area contributed by atoms with Gasteiger partial charge in [-0.05, 0) is 61.4 Å². The number of carbonyl (C=O) groups is 1. The lowest BCUT2D eigenvalue weighted by Gasteiger charge is -2.31. The minimum Gasteiger partial charge on any atom is -0.497 e. The number of primary sulfonamides is 1. The van der Waals surface area contributed by atoms with Crippen molar-refractivity contribution >= 4 is 43.0 Å². The van der Waals surface area contributed by atoms with Gasteiger partial charge in [0.15, 0.2) is 0 Å². The number of nitrogens with zero attached hydrogens (tertiary/aromatic N) is 1. The summed E-state index contributed by atoms with van der Waals surface area (Å²) in [5, 5.41) is 11.3. The largest absolute Gasteiger partial charge is 0.497 e. The number of carbonyl (C=O) groups excluding carboxylic acids is 1. The van der Waals surface area contributed by atoms with Gasteiger partial charge in [0.1, 0.15) is 9.96 Å². The van der Waals surface area contributed by atoms with E-state index in [1.807, 2.05) is 0 Å². The molecule has 0 unspecified atom stereocenters. The van der Waals surface area contributed by atoms with Gasteiger partial charge < -0.3 is 15.4 Å². The molecule has 198 valence electrons. The summed E-state index contributed by atoms with van der Waals surface area (Å²) in [7, 11) is -5.94. The minimum absolute atomic E-state index is 0.00658. The molecule has 2 aromatic carbocycles. The van der Waals surface area contributed by atoms with Crippen LogP contribution in [0.5, 0.6) is 5.75 Å². The molecule has 0 bridgehead atoms. The first kappa shape index (κ1) is 27.1. The fourth-order valence-corrected chi connectivity index (χ4v) is 7.47. The molecular formula is C24H28N4O6S3. The molecule has 1 saturated heterocycles. The molecule has 0 aliphatic carbocycles. The van der Waals surface area contributed by atoms with Crippen LogP contribution in [0.25, 0.3) is 0 Å². The van der Waals surface area contributed by atoms with Gasteiger partial charge in [0.2, 0.25) is 10.0 Å². The Morgan fingerprint density at radius 2 is 1.78 bits per heavy atom. The molecule has 3 aromatic rings. The van der Waals surface area contributed by atoms with Gasteiger partial charge in [-0.3, -0.25) is 4.79 Å². The highest BCUT2D eigenvalue weighted by Crippen LogP contribution is 2.28. The Hall–Kier alpha value is -2.97. The molecule has 37 heavy (non-hydrogen) atoms. The van der Waals surface area contributed by atoms with Gasteiger partial charge in [0.25, 0.3) is 15.9 Å². The quantitative estimate of drug-likeness (QED) is 0.362. The van der Waals surface area contributed by atoms with Gasteiger partial charge >= 0.3 is 0 Å². The lowest BCUT2D eigenvalue weighted by atomic mass is 10.1. The number of anilines is 1. The van der Waals surface area contributed by atoms with Gasteiger partial charge in [-0.2, -0.15) is 4.31 Å². The summed E-state index contributed by atoms with van der Waals surface area (Å²) in [6, 6.07) is 16.3. The third kappa shape index (κ3) is 6.67. The maximum atomic E-state index is 13.2. The summed E-state index contributed by atoms with van der Waals surface area (Å²) in [6.45, 7) is 0.864. The van der Waals surface area contributed by atoms with Gasteiger partial charge in [-0.25, -0.2) is 22.0 Å². The van der Waals surface area contributed by atoms with Crippen molar-refractivity contribution in [3.8, 4) is 5.75 Å². The number of nitrogens with two attached hydrogens (primary N) is 1. The number of thiophene rings is 1. The smallest absolute Gasteiger partial charge is 0.252 e. The van der Waals surface area contributed by atoms with Crippen LogP contribution in [0.2, 0.25) is 0 Å². The van der Waals surface area contributed by atoms with Crippen LogP contribution in [0.3, 0.4) is 0 Å². The van der Waals surface area contributed by atoms with Crippen LogP contribution >= 0.6 is 11.3 Å². The van der Waals surface area contributed by atoms with E-state index in [0.717, 1.165) is 16.2 Å². The first-order valence-corrected chi connectivity index (χ1v) is 15.3. The van der Waals surface area contributed by atoms with Gasteiger partial charge in [0.05, 0.1) is 18.6 Å². The van der Waals surface area contributed by atoms with Crippen molar-refractivity contribution in [1.29, 1.82) is 0 Å². The molecule has 13 heteroatoms. The van der Waals surface area contributed by atoms with Crippen LogP contribution in [0, 0.1) is 0 Å². The summed E-state index contributed by atoms with van der Waals surface area (Å²) in [5.74, 6) is 0.300. The van der Waals surface area contributed by atoms with E-state index in [1.54, 1.807) is 48.5 Å². The Morgan fingerprint density at radius 1 is 1.05 bits per heavy atom. The topological polar surface area (TPSA) is 148 Å². The molecule has 0 saturated carbocycles. The summed E-state index contributed by atoms with van der Waals surface area (Å²) in [4.78, 5) is 13.2. The number of piperidine rings is 1. The van der Waals surface area contributed by atoms with E-state index in [-0.39, 0.29) is 27.6 Å². The lowest BCUT2D eigenvalue weighted by Crippen LogP contribution is -2.42. The summed E-state index contributed by atoms with van der Waals surface area (Å²) in [6.07, 6.45) is 1.13. The second-order valence-electron chi connectivity index (χ2n) is 8.53. The Balaban J connectivity index is 1.32. The molecule has 1 aromatic heterocycles. The SMILES string of the molecule is COc1cccc(C(=O)NCc2ccc(S(=O)(=O)N3CCC(Nc4cccc(S(N)(=O)=O)c4)CC3)s2)c1. The van der Waals surface area contributed by atoms with Crippen molar-refractivity contribution in [2.24, 2.45) is 5.14 Å². The Labute approximate surface area is 220 Å². The highest BCUT2D eigenvalue weighted by molar-refractivity contribution is 7.91. The summed E-state index contributed by atoms with van der Waals surface area (Å²) < 4.78 is 56.4. The zero-order valence-electron chi connectivity index (χ0n) is 20.1. The average molecular weight is 565 g/mol. The van der Waals surface area contributed by atoms with Crippen LogP contribution < -0.4 is 20.5 Å². The molecule has 4 rings (SSSR count). The Bertz CT molecular complexity index is 1480. The van der Waals surface area contributed by atoms with Gasteiger partial charge in [-0.15, -0.1) is 11.3 Å². The molecule has 0 spiro atoms. The van der Waals surface area contributed by atoms with E-state index < -0.39 is 20.0 Å². The van der Waals surface area contributed by atoms with E-state index in [9.17, 15) is 21.6 Å². The molecule has 4 N–H and O–H groups in total. The van der Waals surface area contributed by atoms with Crippen LogP contribution in [0.4, 0.5) is 5.69 Å². The molecule has 1 amide bonds. The molecule has 2 heterocycles. The number of methoxy groups -OCH3 is 1. The molecule has 0 atom stereocenters. The molecular weight excluding hydrogens is 536 g/mol. The van der Waals surface area contributed by atoms with Crippen molar-refractivity contribution in [1.82, 2.24) is 9.62 Å². The van der Waals surface area contributed by atoms with Crippen LogP contribution in [-0.2, 0) is 26.6 Å². The molecule has 0 radical (unpaired) electrons. The number of nitrogens with one attached hydrogen (secondary N) is 2. The highest BCUT2D eigenvalue weighted by Gasteiger charge is 2.30. The fourth-order valence-electron chi connectivity index (χ4n) is 3.99. The first-order chi connectivity index (χ1) is 17.6. The third-order valence-corrected chi connectivity index (χ3v) is 10.3. The second-order valence-corrected chi connectivity index (χ2v) is 13.4. The normalized spacial score (nSPS) is 15.3. The zero-order valence-corrected chi connectivity index (χ0v) is 22.5. The monoisotopic (exact) mass is 564 g/mol. The number of rotatable bonds is 9. The van der Waals surface area contributed by atoms with Crippen molar-refractivity contribution in [3.63, 3.8) is 0 Å². The molecule has 1 fully saturated rings. The maximum Gasteiger partial charge on any atom is 0.252 e. The van der Waals surface area contributed by atoms with E-state index in [1.165, 1.54) is 23.5 Å². The number of benzene rings is 2. The van der Waals surface area contributed by atoms with E-state index >= 15 is 0 Å². The molecule has 1 aliphatic rings. The lowest BCUT2D eigenvalue weighted by molar-refractivity contribution is 0.0951. The van der Waals surface area contributed by atoms with Crippen molar-refractivity contribution in [2.75, 3.05) is 25.5 Å². The average Bonchev–Trinajstić information content (AvgIpc) is 3.37. The number of amides is 1. The zero-order chi connectivity index (χ0) is 26.6. The standard InChI is InChI=1S/C24H28N4O6S3/c1-34-20-6-2-4-17(14-20)24(29)26-16-21-8-9-23(35-21)37(32,33)28-12-10-18(11-13-28)27-19-5-3-7-22(15-19)36(25,30)31/h2-9,14-15,18,27H,10-13,16H2,1H3,(H,26,29)(H2,25,30,31). The Morgan fingerprint density at radius 3 is 2.49 bits per heavy atom. The van der Waals surface area contributed by atoms with Gasteiger partial charge in [-0.1, -0.05) is 12.1 Å². The second kappa shape index (κ2) is 11.2. The predicted octanol–water partition coefficient (Wildman–Crippen LogP) is 2.60. The Kier molecular flexibility index (Phi) is 8.19. The van der Waals surface area contributed by atoms with E-state index in [0.29, 0.717) is 42.9 Å².